The Hall–Kier alpha value is -1.48. The molecule has 0 aromatic heterocycles. The van der Waals surface area contributed by atoms with Crippen LogP contribution in [0.3, 0.4) is 0 Å². The summed E-state index contributed by atoms with van der Waals surface area (Å²) < 4.78 is 11.2. The Morgan fingerprint density at radius 3 is 3.06 bits per heavy atom. The zero-order valence-corrected chi connectivity index (χ0v) is 11.3. The summed E-state index contributed by atoms with van der Waals surface area (Å²) in [5, 5.41) is 3.26. The second-order valence-corrected chi connectivity index (χ2v) is 4.54. The van der Waals surface area contributed by atoms with E-state index >= 15 is 0 Å². The number of hydrogen-bond donors (Lipinski definition) is 1. The number of nitrogens with one attached hydrogen (secondary N) is 1. The molecule has 0 radical (unpaired) electrons. The summed E-state index contributed by atoms with van der Waals surface area (Å²) in [6.07, 6.45) is 5.42. The number of hydrogen-bond acceptors (Lipinski definition) is 3. The molecule has 2 rings (SSSR count). The molecule has 1 aliphatic rings. The van der Waals surface area contributed by atoms with Gasteiger partial charge in [-0.1, -0.05) is 19.1 Å². The summed E-state index contributed by atoms with van der Waals surface area (Å²) in [6.45, 7) is 6.03. The van der Waals surface area contributed by atoms with Gasteiger partial charge in [-0.25, -0.2) is 0 Å². The summed E-state index contributed by atoms with van der Waals surface area (Å²) in [7, 11) is 1.71. The third-order valence-electron chi connectivity index (χ3n) is 3.06. The molecule has 0 amide bonds. The van der Waals surface area contributed by atoms with Crippen molar-refractivity contribution in [3.63, 3.8) is 0 Å². The highest BCUT2D eigenvalue weighted by Gasteiger charge is 2.20. The predicted molar refractivity (Wildman–Crippen MR) is 74.4 cm³/mol. The van der Waals surface area contributed by atoms with Gasteiger partial charge >= 0.3 is 0 Å². The van der Waals surface area contributed by atoms with Crippen molar-refractivity contribution in [2.24, 2.45) is 0 Å². The maximum atomic E-state index is 5.77. The maximum Gasteiger partial charge on any atom is 0.126 e. The van der Waals surface area contributed by atoms with Gasteiger partial charge in [-0.15, -0.1) is 0 Å². The van der Waals surface area contributed by atoms with Crippen LogP contribution in [0, 0.1) is 0 Å². The van der Waals surface area contributed by atoms with Gasteiger partial charge in [0.05, 0.1) is 7.11 Å². The standard InChI is InChI=1S/C15H21NO2/c1-4-16-7-5-6-12-9-15-13(8-11(2)18-15)10-14(12)17-3/h5-6,9-11,16H,4,7-8H2,1-3H3/b6-5+. The molecule has 98 valence electrons. The normalized spacial score (nSPS) is 17.8. The molecule has 0 saturated carbocycles. The maximum absolute atomic E-state index is 5.77. The fourth-order valence-corrected chi connectivity index (χ4v) is 2.18. The number of methoxy groups -OCH3 is 1. The van der Waals surface area contributed by atoms with E-state index in [1.807, 2.05) is 0 Å². The largest absolute Gasteiger partial charge is 0.496 e. The number of rotatable bonds is 5. The molecule has 0 spiro atoms. The SMILES string of the molecule is CCNC/C=C/c1cc2c(cc1OC)CC(C)O2. The monoisotopic (exact) mass is 247 g/mol. The van der Waals surface area contributed by atoms with Crippen LogP contribution in [0.4, 0.5) is 0 Å². The molecule has 3 nitrogen and oxygen atoms in total. The Bertz CT molecular complexity index is 440. The van der Waals surface area contributed by atoms with Crippen molar-refractivity contribution in [1.82, 2.24) is 5.32 Å². The van der Waals surface area contributed by atoms with Crippen molar-refractivity contribution in [2.75, 3.05) is 20.2 Å². The molecule has 0 bridgehead atoms. The Morgan fingerprint density at radius 1 is 1.50 bits per heavy atom. The molecular weight excluding hydrogens is 226 g/mol. The second-order valence-electron chi connectivity index (χ2n) is 4.54. The Labute approximate surface area is 109 Å². The first-order valence-electron chi connectivity index (χ1n) is 6.49. The molecule has 1 aromatic carbocycles. The van der Waals surface area contributed by atoms with Crippen molar-refractivity contribution in [1.29, 1.82) is 0 Å². The van der Waals surface area contributed by atoms with E-state index in [4.69, 9.17) is 9.47 Å². The molecule has 1 unspecified atom stereocenters. The average Bonchev–Trinajstić information content (AvgIpc) is 2.72. The second kappa shape index (κ2) is 5.91. The molecule has 0 saturated heterocycles. The van der Waals surface area contributed by atoms with Crippen molar-refractivity contribution in [2.45, 2.75) is 26.4 Å². The lowest BCUT2D eigenvalue weighted by Gasteiger charge is -2.08. The van der Waals surface area contributed by atoms with Crippen molar-refractivity contribution < 1.29 is 9.47 Å². The van der Waals surface area contributed by atoms with Crippen LogP contribution in [0.1, 0.15) is 25.0 Å². The Balaban J connectivity index is 2.19. The summed E-state index contributed by atoms with van der Waals surface area (Å²) in [4.78, 5) is 0. The predicted octanol–water partition coefficient (Wildman–Crippen LogP) is 2.64. The highest BCUT2D eigenvalue weighted by atomic mass is 16.5. The number of fused-ring (bicyclic) bond motifs is 1. The number of ether oxygens (including phenoxy) is 2. The van der Waals surface area contributed by atoms with Crippen molar-refractivity contribution >= 4 is 6.08 Å². The van der Waals surface area contributed by atoms with Gasteiger partial charge in [0.2, 0.25) is 0 Å². The van der Waals surface area contributed by atoms with Crippen molar-refractivity contribution in [3.05, 3.63) is 29.3 Å². The third kappa shape index (κ3) is 2.85. The van der Waals surface area contributed by atoms with E-state index in [1.165, 1.54) is 5.56 Å². The van der Waals surface area contributed by atoms with E-state index in [2.05, 4.69) is 43.4 Å². The van der Waals surface area contributed by atoms with Crippen LogP contribution in [0.25, 0.3) is 6.08 Å². The first-order valence-corrected chi connectivity index (χ1v) is 6.49. The van der Waals surface area contributed by atoms with Gasteiger partial charge < -0.3 is 14.8 Å². The van der Waals surface area contributed by atoms with E-state index < -0.39 is 0 Å². The van der Waals surface area contributed by atoms with Gasteiger partial charge in [-0.05, 0) is 25.6 Å². The quantitative estimate of drug-likeness (QED) is 0.811. The van der Waals surface area contributed by atoms with Crippen LogP contribution in [-0.4, -0.2) is 26.3 Å². The van der Waals surface area contributed by atoms with Gasteiger partial charge in [0.15, 0.2) is 0 Å². The average molecular weight is 247 g/mol. The van der Waals surface area contributed by atoms with Crippen molar-refractivity contribution in [3.8, 4) is 11.5 Å². The number of benzene rings is 1. The zero-order chi connectivity index (χ0) is 13.0. The molecule has 3 heteroatoms. The smallest absolute Gasteiger partial charge is 0.126 e. The molecule has 18 heavy (non-hydrogen) atoms. The lowest BCUT2D eigenvalue weighted by atomic mass is 10.1. The topological polar surface area (TPSA) is 30.5 Å². The number of likely N-dealkylation sites (N-methyl/N-ethyl adjacent to an activating group) is 1. The summed E-state index contributed by atoms with van der Waals surface area (Å²) in [5.41, 5.74) is 2.31. The minimum absolute atomic E-state index is 0.269. The van der Waals surface area contributed by atoms with E-state index in [0.29, 0.717) is 0 Å². The molecule has 1 N–H and O–H groups in total. The third-order valence-corrected chi connectivity index (χ3v) is 3.06. The molecule has 1 aliphatic heterocycles. The fourth-order valence-electron chi connectivity index (χ4n) is 2.18. The Morgan fingerprint density at radius 2 is 2.33 bits per heavy atom. The molecule has 1 aromatic rings. The van der Waals surface area contributed by atoms with E-state index in [0.717, 1.165) is 36.6 Å². The lowest BCUT2D eigenvalue weighted by Crippen LogP contribution is -2.11. The summed E-state index contributed by atoms with van der Waals surface area (Å²) >= 11 is 0. The molecule has 0 fully saturated rings. The Kier molecular flexibility index (Phi) is 4.26. The molecule has 1 heterocycles. The van der Waals surface area contributed by atoms with E-state index in [-0.39, 0.29) is 6.10 Å². The van der Waals surface area contributed by atoms with Crippen LogP contribution < -0.4 is 14.8 Å². The molecule has 0 aliphatic carbocycles. The van der Waals surface area contributed by atoms with E-state index in [1.54, 1.807) is 7.11 Å². The summed E-state index contributed by atoms with van der Waals surface area (Å²) in [6, 6.07) is 4.16. The van der Waals surface area contributed by atoms with E-state index in [9.17, 15) is 0 Å². The van der Waals surface area contributed by atoms with Gasteiger partial charge in [-0.2, -0.15) is 0 Å². The van der Waals surface area contributed by atoms with Gasteiger partial charge in [0.25, 0.3) is 0 Å². The highest BCUT2D eigenvalue weighted by molar-refractivity contribution is 5.62. The molecule has 1 atom stereocenters. The van der Waals surface area contributed by atoms with Gasteiger partial charge in [0.1, 0.15) is 17.6 Å². The minimum atomic E-state index is 0.269. The van der Waals surface area contributed by atoms with Gasteiger partial charge in [-0.3, -0.25) is 0 Å². The fraction of sp³-hybridized carbons (Fsp3) is 0.467. The first kappa shape index (κ1) is 13.0. The highest BCUT2D eigenvalue weighted by Crippen LogP contribution is 2.35. The van der Waals surface area contributed by atoms with Crippen LogP contribution in [0.5, 0.6) is 11.5 Å². The lowest BCUT2D eigenvalue weighted by molar-refractivity contribution is 0.254. The van der Waals surface area contributed by atoms with Crippen LogP contribution in [-0.2, 0) is 6.42 Å². The minimum Gasteiger partial charge on any atom is -0.496 e. The van der Waals surface area contributed by atoms with Crippen LogP contribution in [0.2, 0.25) is 0 Å². The van der Waals surface area contributed by atoms with Gasteiger partial charge in [0, 0.05) is 24.1 Å². The zero-order valence-electron chi connectivity index (χ0n) is 11.3. The first-order chi connectivity index (χ1) is 8.74. The summed E-state index contributed by atoms with van der Waals surface area (Å²) in [5.74, 6) is 1.91. The van der Waals surface area contributed by atoms with Crippen LogP contribution >= 0.6 is 0 Å². The molecular formula is C15H21NO2. The van der Waals surface area contributed by atoms with Crippen LogP contribution in [0.15, 0.2) is 18.2 Å².